The van der Waals surface area contributed by atoms with Gasteiger partial charge in [-0.2, -0.15) is 0 Å². The number of nitrogens with one attached hydrogen (secondary N) is 3. The van der Waals surface area contributed by atoms with Crippen molar-refractivity contribution in [1.82, 2.24) is 16.0 Å². The van der Waals surface area contributed by atoms with Gasteiger partial charge in [0.15, 0.2) is 0 Å². The SMILES string of the molecule is CCCCCC(N)C(=O)NC(CCCCC)C(=O)NC(CCCCC)C(=O)NC(CCCCC)C(=O)OC. The summed E-state index contributed by atoms with van der Waals surface area (Å²) in [7, 11) is 1.30. The van der Waals surface area contributed by atoms with Gasteiger partial charge >= 0.3 is 5.97 Å². The summed E-state index contributed by atoms with van der Waals surface area (Å²) in [6, 6.07) is -3.01. The smallest absolute Gasteiger partial charge is 0.328 e. The van der Waals surface area contributed by atoms with E-state index in [1.54, 1.807) is 0 Å². The monoisotopic (exact) mass is 540 g/mol. The molecule has 4 atom stereocenters. The Morgan fingerprint density at radius 1 is 0.553 bits per heavy atom. The maximum Gasteiger partial charge on any atom is 0.328 e. The van der Waals surface area contributed by atoms with Crippen LogP contribution < -0.4 is 21.7 Å². The minimum absolute atomic E-state index is 0.341. The lowest BCUT2D eigenvalue weighted by Crippen LogP contribution is -2.57. The first kappa shape index (κ1) is 35.8. The van der Waals surface area contributed by atoms with Gasteiger partial charge in [-0.15, -0.1) is 0 Å². The Labute approximate surface area is 231 Å². The summed E-state index contributed by atoms with van der Waals surface area (Å²) in [5.41, 5.74) is 6.09. The van der Waals surface area contributed by atoms with E-state index in [9.17, 15) is 19.2 Å². The molecule has 222 valence electrons. The summed E-state index contributed by atoms with van der Waals surface area (Å²) in [5, 5.41) is 8.51. The van der Waals surface area contributed by atoms with Crippen LogP contribution in [0.2, 0.25) is 0 Å². The molecule has 0 saturated carbocycles. The number of unbranched alkanes of at least 4 members (excludes halogenated alkanes) is 8. The largest absolute Gasteiger partial charge is 0.467 e. The van der Waals surface area contributed by atoms with Gasteiger partial charge in [0.1, 0.15) is 18.1 Å². The van der Waals surface area contributed by atoms with Gasteiger partial charge in [-0.05, 0) is 25.7 Å². The van der Waals surface area contributed by atoms with Crippen LogP contribution in [-0.2, 0) is 23.9 Å². The summed E-state index contributed by atoms with van der Waals surface area (Å²) in [4.78, 5) is 51.7. The number of carbonyl (C=O) groups is 4. The number of esters is 1. The number of ether oxygens (including phenoxy) is 1. The van der Waals surface area contributed by atoms with Crippen LogP contribution in [0.3, 0.4) is 0 Å². The van der Waals surface area contributed by atoms with E-state index in [1.807, 2.05) is 0 Å². The highest BCUT2D eigenvalue weighted by Crippen LogP contribution is 2.11. The van der Waals surface area contributed by atoms with Gasteiger partial charge in [-0.1, -0.05) is 105 Å². The van der Waals surface area contributed by atoms with Crippen molar-refractivity contribution in [3.8, 4) is 0 Å². The first-order valence-corrected chi connectivity index (χ1v) is 15.0. The molecule has 9 heteroatoms. The van der Waals surface area contributed by atoms with Crippen molar-refractivity contribution in [2.45, 2.75) is 155 Å². The molecular weight excluding hydrogens is 484 g/mol. The van der Waals surface area contributed by atoms with Crippen molar-refractivity contribution in [3.63, 3.8) is 0 Å². The molecule has 38 heavy (non-hydrogen) atoms. The first-order valence-electron chi connectivity index (χ1n) is 15.0. The number of nitrogens with two attached hydrogens (primary N) is 1. The van der Waals surface area contributed by atoms with Crippen molar-refractivity contribution >= 4 is 23.7 Å². The molecule has 9 nitrogen and oxygen atoms in total. The molecule has 0 aromatic carbocycles. The molecule has 0 aliphatic carbocycles. The maximum atomic E-state index is 13.4. The standard InChI is InChI=1S/C29H56N4O5/c1-6-10-14-18-22(30)26(34)31-23(19-15-11-7-2)27(35)32-24(20-16-12-8-3)28(36)33-25(29(37)38-5)21-17-13-9-4/h22-25H,6-21,30H2,1-5H3,(H,31,34)(H,32,35)(H,33,36). The zero-order chi connectivity index (χ0) is 28.8. The van der Waals surface area contributed by atoms with Crippen LogP contribution in [0.5, 0.6) is 0 Å². The Morgan fingerprint density at radius 3 is 1.29 bits per heavy atom. The van der Waals surface area contributed by atoms with Gasteiger partial charge in [0.25, 0.3) is 0 Å². The molecular formula is C29H56N4O5. The third-order valence-electron chi connectivity index (χ3n) is 6.81. The number of amides is 3. The second-order valence-electron chi connectivity index (χ2n) is 10.3. The fraction of sp³-hybridized carbons (Fsp3) is 0.862. The topological polar surface area (TPSA) is 140 Å². The van der Waals surface area contributed by atoms with E-state index in [4.69, 9.17) is 10.5 Å². The average Bonchev–Trinajstić information content (AvgIpc) is 2.90. The van der Waals surface area contributed by atoms with Crippen molar-refractivity contribution in [2.75, 3.05) is 7.11 Å². The zero-order valence-corrected chi connectivity index (χ0v) is 24.7. The highest BCUT2D eigenvalue weighted by Gasteiger charge is 2.30. The third-order valence-corrected chi connectivity index (χ3v) is 6.81. The summed E-state index contributed by atoms with van der Waals surface area (Å²) in [6.07, 6.45) is 12.9. The summed E-state index contributed by atoms with van der Waals surface area (Å²) < 4.78 is 4.90. The lowest BCUT2D eigenvalue weighted by molar-refractivity contribution is -0.145. The van der Waals surface area contributed by atoms with Crippen molar-refractivity contribution in [1.29, 1.82) is 0 Å². The Kier molecular flexibility index (Phi) is 21.5. The molecule has 0 radical (unpaired) electrons. The molecule has 0 aromatic rings. The number of hydrogen-bond donors (Lipinski definition) is 4. The van der Waals surface area contributed by atoms with Crippen LogP contribution in [-0.4, -0.2) is 55.0 Å². The van der Waals surface area contributed by atoms with Gasteiger partial charge < -0.3 is 26.4 Å². The first-order chi connectivity index (χ1) is 18.2. The number of carbonyl (C=O) groups excluding carboxylic acids is 4. The normalized spacial score (nSPS) is 14.2. The molecule has 0 aliphatic heterocycles. The molecule has 0 spiro atoms. The van der Waals surface area contributed by atoms with Gasteiger partial charge in [-0.3, -0.25) is 14.4 Å². The minimum atomic E-state index is -0.809. The molecule has 0 aliphatic rings. The van der Waals surface area contributed by atoms with Crippen molar-refractivity contribution in [3.05, 3.63) is 0 Å². The van der Waals surface area contributed by atoms with Crippen LogP contribution in [0, 0.1) is 0 Å². The number of rotatable bonds is 23. The van der Waals surface area contributed by atoms with Crippen molar-refractivity contribution in [2.24, 2.45) is 5.73 Å². The Balaban J connectivity index is 5.51. The van der Waals surface area contributed by atoms with E-state index in [1.165, 1.54) is 7.11 Å². The summed E-state index contributed by atoms with van der Waals surface area (Å²) >= 11 is 0. The molecule has 5 N–H and O–H groups in total. The number of methoxy groups -OCH3 is 1. The van der Waals surface area contributed by atoms with Crippen LogP contribution in [0.1, 0.15) is 130 Å². The second-order valence-corrected chi connectivity index (χ2v) is 10.3. The quantitative estimate of drug-likeness (QED) is 0.113. The van der Waals surface area contributed by atoms with Gasteiger partial charge in [-0.25, -0.2) is 4.79 Å². The van der Waals surface area contributed by atoms with E-state index in [2.05, 4.69) is 43.6 Å². The molecule has 0 bridgehead atoms. The van der Waals surface area contributed by atoms with E-state index in [0.717, 1.165) is 77.0 Å². The lowest BCUT2D eigenvalue weighted by Gasteiger charge is -2.26. The maximum absolute atomic E-state index is 13.4. The molecule has 4 unspecified atom stereocenters. The van der Waals surface area contributed by atoms with E-state index >= 15 is 0 Å². The van der Waals surface area contributed by atoms with Crippen LogP contribution in [0.15, 0.2) is 0 Å². The molecule has 0 rings (SSSR count). The lowest BCUT2D eigenvalue weighted by atomic mass is 10.0. The number of hydrogen-bond acceptors (Lipinski definition) is 6. The predicted octanol–water partition coefficient (Wildman–Crippen LogP) is 4.26. The van der Waals surface area contributed by atoms with Gasteiger partial charge in [0.05, 0.1) is 13.2 Å². The van der Waals surface area contributed by atoms with Crippen LogP contribution in [0.25, 0.3) is 0 Å². The molecule has 0 fully saturated rings. The average molecular weight is 541 g/mol. The minimum Gasteiger partial charge on any atom is -0.467 e. The predicted molar refractivity (Wildman–Crippen MR) is 152 cm³/mol. The van der Waals surface area contributed by atoms with Crippen LogP contribution in [0.4, 0.5) is 0 Å². The fourth-order valence-corrected chi connectivity index (χ4v) is 4.29. The second kappa shape index (κ2) is 22.8. The molecule has 0 heterocycles. The highest BCUT2D eigenvalue weighted by molar-refractivity contribution is 5.94. The third kappa shape index (κ3) is 15.9. The zero-order valence-electron chi connectivity index (χ0n) is 24.7. The molecule has 0 saturated heterocycles. The fourth-order valence-electron chi connectivity index (χ4n) is 4.29. The Morgan fingerprint density at radius 2 is 0.895 bits per heavy atom. The molecule has 0 aromatic heterocycles. The highest BCUT2D eigenvalue weighted by atomic mass is 16.5. The van der Waals surface area contributed by atoms with Crippen molar-refractivity contribution < 1.29 is 23.9 Å². The Hall–Kier alpha value is -2.16. The van der Waals surface area contributed by atoms with Crippen LogP contribution >= 0.6 is 0 Å². The molecule has 3 amide bonds. The van der Waals surface area contributed by atoms with E-state index in [-0.39, 0.29) is 5.91 Å². The summed E-state index contributed by atoms with van der Waals surface area (Å²) in [6.45, 7) is 8.30. The van der Waals surface area contributed by atoms with E-state index < -0.39 is 42.0 Å². The Bertz CT molecular complexity index is 673. The van der Waals surface area contributed by atoms with Gasteiger partial charge in [0, 0.05) is 0 Å². The summed E-state index contributed by atoms with van der Waals surface area (Å²) in [5.74, 6) is -1.63. The van der Waals surface area contributed by atoms with E-state index in [0.29, 0.717) is 25.7 Å². The van der Waals surface area contributed by atoms with Gasteiger partial charge in [0.2, 0.25) is 17.7 Å².